The number of aromatic nitrogens is 2. The molecule has 5 rings (SSSR count). The van der Waals surface area contributed by atoms with E-state index in [1.165, 1.54) is 17.3 Å². The third-order valence-corrected chi connectivity index (χ3v) is 6.31. The van der Waals surface area contributed by atoms with Gasteiger partial charge in [0.05, 0.1) is 29.5 Å². The van der Waals surface area contributed by atoms with E-state index >= 15 is 0 Å². The minimum atomic E-state index is -0.200. The van der Waals surface area contributed by atoms with E-state index in [1.807, 2.05) is 47.3 Å². The maximum atomic E-state index is 12.6. The van der Waals surface area contributed by atoms with Gasteiger partial charge < -0.3 is 9.64 Å². The summed E-state index contributed by atoms with van der Waals surface area (Å²) in [5, 5.41) is 5.60. The van der Waals surface area contributed by atoms with Gasteiger partial charge in [0.25, 0.3) is 5.91 Å². The van der Waals surface area contributed by atoms with Crippen LogP contribution in [0.4, 0.5) is 0 Å². The Labute approximate surface area is 185 Å². The van der Waals surface area contributed by atoms with Crippen LogP contribution in [0, 0.1) is 6.92 Å². The van der Waals surface area contributed by atoms with Crippen molar-refractivity contribution in [3.63, 3.8) is 0 Å². The number of morpholine rings is 1. The van der Waals surface area contributed by atoms with Crippen LogP contribution >= 0.6 is 11.8 Å². The number of ether oxygens (including phenoxy) is 1. The number of nitrogens with zero attached hydrogens (tertiary/aromatic N) is 4. The zero-order valence-corrected chi connectivity index (χ0v) is 18.0. The van der Waals surface area contributed by atoms with E-state index < -0.39 is 0 Å². The summed E-state index contributed by atoms with van der Waals surface area (Å²) in [5.41, 5.74) is 4.90. The second-order valence-corrected chi connectivity index (χ2v) is 8.50. The molecular formula is C24H22N4O2S. The Morgan fingerprint density at radius 2 is 1.77 bits per heavy atom. The van der Waals surface area contributed by atoms with Crippen molar-refractivity contribution in [2.75, 3.05) is 26.3 Å². The van der Waals surface area contributed by atoms with Crippen molar-refractivity contribution in [1.82, 2.24) is 14.7 Å². The molecule has 3 heterocycles. The molecule has 0 unspecified atom stereocenters. The molecule has 0 bridgehead atoms. The molecular weight excluding hydrogens is 408 g/mol. The number of carbonyl (C=O) groups is 1. The van der Waals surface area contributed by atoms with E-state index in [9.17, 15) is 4.79 Å². The van der Waals surface area contributed by atoms with Crippen LogP contribution in [0.1, 0.15) is 11.1 Å². The lowest BCUT2D eigenvalue weighted by molar-refractivity contribution is -0.113. The molecule has 2 aromatic carbocycles. The number of hydrogen-bond donors (Lipinski definition) is 0. The molecule has 31 heavy (non-hydrogen) atoms. The summed E-state index contributed by atoms with van der Waals surface area (Å²) >= 11 is 1.43. The lowest BCUT2D eigenvalue weighted by Crippen LogP contribution is -2.38. The summed E-state index contributed by atoms with van der Waals surface area (Å²) in [6.45, 7) is 4.90. The van der Waals surface area contributed by atoms with Crippen molar-refractivity contribution in [2.45, 2.75) is 6.92 Å². The lowest BCUT2D eigenvalue weighted by Gasteiger charge is -2.27. The van der Waals surface area contributed by atoms with E-state index in [1.54, 1.807) is 0 Å². The number of para-hydroxylation sites is 1. The normalized spacial score (nSPS) is 18.0. The lowest BCUT2D eigenvalue weighted by atomic mass is 10.1. The summed E-state index contributed by atoms with van der Waals surface area (Å²) in [6, 6.07) is 18.2. The fourth-order valence-electron chi connectivity index (χ4n) is 3.57. The van der Waals surface area contributed by atoms with Crippen molar-refractivity contribution in [2.24, 2.45) is 4.99 Å². The second-order valence-electron chi connectivity index (χ2n) is 7.49. The SMILES string of the molecule is Cc1ccc(-c2nn(-c3ccccc3)cc2C=C2SC(N3CCOCC3)=NC2=O)cc1. The van der Waals surface area contributed by atoms with Crippen molar-refractivity contribution < 1.29 is 9.53 Å². The highest BCUT2D eigenvalue weighted by Gasteiger charge is 2.27. The smallest absolute Gasteiger partial charge is 0.286 e. The van der Waals surface area contributed by atoms with Crippen LogP contribution in [-0.4, -0.2) is 52.1 Å². The Bertz CT molecular complexity index is 1160. The van der Waals surface area contributed by atoms with Gasteiger partial charge in [0.2, 0.25) is 0 Å². The highest BCUT2D eigenvalue weighted by Crippen LogP contribution is 2.33. The number of aryl methyl sites for hydroxylation is 1. The molecule has 2 aliphatic rings. The molecule has 1 fully saturated rings. The highest BCUT2D eigenvalue weighted by molar-refractivity contribution is 8.18. The molecule has 3 aromatic rings. The fourth-order valence-corrected chi connectivity index (χ4v) is 4.53. The van der Waals surface area contributed by atoms with Gasteiger partial charge in [0.1, 0.15) is 0 Å². The maximum Gasteiger partial charge on any atom is 0.286 e. The second kappa shape index (κ2) is 8.53. The number of aliphatic imine (C=N–C) groups is 1. The van der Waals surface area contributed by atoms with E-state index in [2.05, 4.69) is 41.1 Å². The number of carbonyl (C=O) groups excluding carboxylic acids is 1. The number of amidine groups is 1. The third-order valence-electron chi connectivity index (χ3n) is 5.27. The molecule has 6 nitrogen and oxygen atoms in total. The number of hydrogen-bond acceptors (Lipinski definition) is 5. The molecule has 2 aliphatic heterocycles. The van der Waals surface area contributed by atoms with Crippen molar-refractivity contribution in [1.29, 1.82) is 0 Å². The Hall–Kier alpha value is -3.16. The van der Waals surface area contributed by atoms with Crippen LogP contribution in [-0.2, 0) is 9.53 Å². The first-order chi connectivity index (χ1) is 15.2. The number of rotatable bonds is 3. The molecule has 0 N–H and O–H groups in total. The number of benzene rings is 2. The first-order valence-electron chi connectivity index (χ1n) is 10.2. The van der Waals surface area contributed by atoms with Gasteiger partial charge in [-0.05, 0) is 36.9 Å². The van der Waals surface area contributed by atoms with E-state index in [-0.39, 0.29) is 5.91 Å². The van der Waals surface area contributed by atoms with E-state index in [0.717, 1.165) is 40.8 Å². The van der Waals surface area contributed by atoms with Crippen LogP contribution < -0.4 is 0 Å². The summed E-state index contributed by atoms with van der Waals surface area (Å²) in [7, 11) is 0. The quantitative estimate of drug-likeness (QED) is 0.584. The average molecular weight is 431 g/mol. The van der Waals surface area contributed by atoms with Gasteiger partial charge in [-0.2, -0.15) is 10.1 Å². The van der Waals surface area contributed by atoms with Gasteiger partial charge in [-0.3, -0.25) is 4.79 Å². The van der Waals surface area contributed by atoms with Crippen LogP contribution in [0.15, 0.2) is 70.7 Å². The molecule has 0 spiro atoms. The number of amides is 1. The standard InChI is InChI=1S/C24H22N4O2S/c1-17-7-9-18(10-8-17)22-19(16-28(26-22)20-5-3-2-4-6-20)15-21-23(29)25-24(31-21)27-11-13-30-14-12-27/h2-10,15-16H,11-14H2,1H3. The predicted molar refractivity (Wildman–Crippen MR) is 124 cm³/mol. The van der Waals surface area contributed by atoms with Crippen LogP contribution in [0.5, 0.6) is 0 Å². The summed E-state index contributed by atoms with van der Waals surface area (Å²) in [4.78, 5) is 19.6. The third kappa shape index (κ3) is 4.19. The van der Waals surface area contributed by atoms with Gasteiger partial charge in [-0.15, -0.1) is 0 Å². The predicted octanol–water partition coefficient (Wildman–Crippen LogP) is 4.15. The minimum absolute atomic E-state index is 0.200. The molecule has 0 saturated carbocycles. The highest BCUT2D eigenvalue weighted by atomic mass is 32.2. The molecule has 156 valence electrons. The van der Waals surface area contributed by atoms with Gasteiger partial charge in [0, 0.05) is 30.4 Å². The van der Waals surface area contributed by atoms with Crippen LogP contribution in [0.25, 0.3) is 23.0 Å². The maximum absolute atomic E-state index is 12.6. The minimum Gasteiger partial charge on any atom is -0.378 e. The van der Waals surface area contributed by atoms with Crippen LogP contribution in [0.2, 0.25) is 0 Å². The van der Waals surface area contributed by atoms with Crippen molar-refractivity contribution >= 4 is 28.9 Å². The Morgan fingerprint density at radius 3 is 2.52 bits per heavy atom. The summed E-state index contributed by atoms with van der Waals surface area (Å²) < 4.78 is 7.27. The summed E-state index contributed by atoms with van der Waals surface area (Å²) in [6.07, 6.45) is 3.88. The van der Waals surface area contributed by atoms with Crippen LogP contribution in [0.3, 0.4) is 0 Å². The van der Waals surface area contributed by atoms with Gasteiger partial charge in [-0.25, -0.2) is 4.68 Å². The molecule has 0 aliphatic carbocycles. The first kappa shape index (κ1) is 19.8. The monoisotopic (exact) mass is 430 g/mol. The van der Waals surface area contributed by atoms with Gasteiger partial charge in [-0.1, -0.05) is 48.0 Å². The molecule has 0 atom stereocenters. The molecule has 1 aromatic heterocycles. The zero-order chi connectivity index (χ0) is 21.2. The zero-order valence-electron chi connectivity index (χ0n) is 17.2. The Morgan fingerprint density at radius 1 is 1.03 bits per heavy atom. The van der Waals surface area contributed by atoms with Crippen molar-refractivity contribution in [3.8, 4) is 16.9 Å². The van der Waals surface area contributed by atoms with E-state index in [0.29, 0.717) is 18.1 Å². The van der Waals surface area contributed by atoms with Gasteiger partial charge >= 0.3 is 0 Å². The largest absolute Gasteiger partial charge is 0.378 e. The summed E-state index contributed by atoms with van der Waals surface area (Å²) in [5.74, 6) is -0.200. The number of thioether (sulfide) groups is 1. The fraction of sp³-hybridized carbons (Fsp3) is 0.208. The Balaban J connectivity index is 1.51. The molecule has 0 radical (unpaired) electrons. The average Bonchev–Trinajstić information content (AvgIpc) is 3.40. The van der Waals surface area contributed by atoms with Gasteiger partial charge in [0.15, 0.2) is 5.17 Å². The molecule has 1 amide bonds. The topological polar surface area (TPSA) is 59.7 Å². The van der Waals surface area contributed by atoms with Crippen molar-refractivity contribution in [3.05, 3.63) is 76.8 Å². The molecule has 7 heteroatoms. The first-order valence-corrected chi connectivity index (χ1v) is 11.1. The Kier molecular flexibility index (Phi) is 5.44. The van der Waals surface area contributed by atoms with E-state index in [4.69, 9.17) is 9.84 Å². The molecule has 1 saturated heterocycles.